The van der Waals surface area contributed by atoms with Crippen LogP contribution in [0.1, 0.15) is 19.3 Å². The average Bonchev–Trinajstić information content (AvgIpc) is 2.86. The molecular formula is C13H14Cl2N2O2. The van der Waals surface area contributed by atoms with Crippen molar-refractivity contribution in [1.82, 2.24) is 4.90 Å². The number of carbonyl (C=O) groups excluding carboxylic acids is 2. The lowest BCUT2D eigenvalue weighted by Crippen LogP contribution is -2.31. The highest BCUT2D eigenvalue weighted by Gasteiger charge is 2.20. The van der Waals surface area contributed by atoms with Crippen LogP contribution in [0.4, 0.5) is 5.69 Å². The Bertz CT molecular complexity index is 499. The fraction of sp³-hybridized carbons (Fsp3) is 0.385. The molecule has 2 rings (SSSR count). The first kappa shape index (κ1) is 14.2. The van der Waals surface area contributed by atoms with Crippen molar-refractivity contribution in [1.29, 1.82) is 0 Å². The number of rotatable bonds is 3. The summed E-state index contributed by atoms with van der Waals surface area (Å²) in [4.78, 5) is 25.3. The number of hydrogen-bond acceptors (Lipinski definition) is 2. The van der Waals surface area contributed by atoms with Crippen molar-refractivity contribution in [2.75, 3.05) is 18.4 Å². The van der Waals surface area contributed by atoms with Gasteiger partial charge in [0.25, 0.3) is 0 Å². The van der Waals surface area contributed by atoms with Gasteiger partial charge in [-0.15, -0.1) is 0 Å². The minimum atomic E-state index is -0.360. The SMILES string of the molecule is O=C(CC(=O)N1CCCC1)Nc1ccc(Cl)cc1Cl. The Labute approximate surface area is 121 Å². The number of amides is 2. The third-order valence-corrected chi connectivity index (χ3v) is 3.52. The molecule has 1 aromatic carbocycles. The van der Waals surface area contributed by atoms with E-state index in [9.17, 15) is 9.59 Å². The Morgan fingerprint density at radius 3 is 2.53 bits per heavy atom. The third-order valence-electron chi connectivity index (χ3n) is 2.98. The summed E-state index contributed by atoms with van der Waals surface area (Å²) in [5, 5.41) is 3.47. The molecule has 0 aromatic heterocycles. The van der Waals surface area contributed by atoms with E-state index < -0.39 is 0 Å². The van der Waals surface area contributed by atoms with E-state index in [0.717, 1.165) is 25.9 Å². The van der Waals surface area contributed by atoms with Crippen LogP contribution in [0.2, 0.25) is 10.0 Å². The monoisotopic (exact) mass is 300 g/mol. The molecule has 0 spiro atoms. The lowest BCUT2D eigenvalue weighted by atomic mass is 10.3. The zero-order valence-electron chi connectivity index (χ0n) is 10.3. The van der Waals surface area contributed by atoms with Gasteiger partial charge in [0.05, 0.1) is 10.7 Å². The average molecular weight is 301 g/mol. The summed E-state index contributed by atoms with van der Waals surface area (Å²) in [5.41, 5.74) is 0.463. The first-order chi connectivity index (χ1) is 9.06. The predicted octanol–water partition coefficient (Wildman–Crippen LogP) is 2.94. The Kier molecular flexibility index (Phi) is 4.66. The van der Waals surface area contributed by atoms with Crippen LogP contribution in [0.3, 0.4) is 0 Å². The van der Waals surface area contributed by atoms with Gasteiger partial charge >= 0.3 is 0 Å². The molecule has 6 heteroatoms. The molecule has 0 aliphatic carbocycles. The second kappa shape index (κ2) is 6.26. The summed E-state index contributed by atoms with van der Waals surface area (Å²) >= 11 is 11.7. The van der Waals surface area contributed by atoms with Gasteiger partial charge < -0.3 is 10.2 Å². The van der Waals surface area contributed by atoms with Crippen molar-refractivity contribution >= 4 is 40.7 Å². The van der Waals surface area contributed by atoms with E-state index >= 15 is 0 Å². The summed E-state index contributed by atoms with van der Waals surface area (Å²) in [6.07, 6.45) is 1.87. The second-order valence-corrected chi connectivity index (χ2v) is 5.28. The van der Waals surface area contributed by atoms with Gasteiger partial charge in [-0.05, 0) is 31.0 Å². The van der Waals surface area contributed by atoms with E-state index in [1.807, 2.05) is 0 Å². The quantitative estimate of drug-likeness (QED) is 0.873. The number of nitrogens with zero attached hydrogens (tertiary/aromatic N) is 1. The maximum absolute atomic E-state index is 11.8. The van der Waals surface area contributed by atoms with E-state index in [2.05, 4.69) is 5.32 Å². The highest BCUT2D eigenvalue weighted by atomic mass is 35.5. The van der Waals surface area contributed by atoms with E-state index in [0.29, 0.717) is 15.7 Å². The van der Waals surface area contributed by atoms with Gasteiger partial charge in [-0.1, -0.05) is 23.2 Å². The van der Waals surface area contributed by atoms with Crippen molar-refractivity contribution < 1.29 is 9.59 Å². The van der Waals surface area contributed by atoms with Crippen LogP contribution in [0.15, 0.2) is 18.2 Å². The molecule has 4 nitrogen and oxygen atoms in total. The van der Waals surface area contributed by atoms with Crippen molar-refractivity contribution in [2.24, 2.45) is 0 Å². The van der Waals surface area contributed by atoms with E-state index in [-0.39, 0.29) is 18.2 Å². The highest BCUT2D eigenvalue weighted by molar-refractivity contribution is 6.36. The number of carbonyl (C=O) groups is 2. The Hall–Kier alpha value is -1.26. The molecule has 19 heavy (non-hydrogen) atoms. The molecule has 0 unspecified atom stereocenters. The van der Waals surface area contributed by atoms with Crippen LogP contribution in [0.25, 0.3) is 0 Å². The zero-order valence-corrected chi connectivity index (χ0v) is 11.8. The summed E-state index contributed by atoms with van der Waals surface area (Å²) in [5.74, 6) is -0.499. The van der Waals surface area contributed by atoms with Crippen LogP contribution in [-0.4, -0.2) is 29.8 Å². The fourth-order valence-corrected chi connectivity index (χ4v) is 2.46. The van der Waals surface area contributed by atoms with Gasteiger partial charge in [0.1, 0.15) is 6.42 Å². The maximum atomic E-state index is 11.8. The Morgan fingerprint density at radius 2 is 1.89 bits per heavy atom. The van der Waals surface area contributed by atoms with Crippen LogP contribution in [0.5, 0.6) is 0 Å². The number of benzene rings is 1. The summed E-state index contributed by atoms with van der Waals surface area (Å²) < 4.78 is 0. The standard InChI is InChI=1S/C13H14Cl2N2O2/c14-9-3-4-11(10(15)7-9)16-12(18)8-13(19)17-5-1-2-6-17/h3-4,7H,1-2,5-6,8H2,(H,16,18). The summed E-state index contributed by atoms with van der Waals surface area (Å²) in [6, 6.07) is 4.79. The van der Waals surface area contributed by atoms with Crippen molar-refractivity contribution in [3.05, 3.63) is 28.2 Å². The lowest BCUT2D eigenvalue weighted by molar-refractivity contribution is -0.133. The van der Waals surface area contributed by atoms with Crippen molar-refractivity contribution in [3.8, 4) is 0 Å². The first-order valence-electron chi connectivity index (χ1n) is 6.09. The van der Waals surface area contributed by atoms with Gasteiger partial charge in [0.15, 0.2) is 0 Å². The number of hydrogen-bond donors (Lipinski definition) is 1. The highest BCUT2D eigenvalue weighted by Crippen LogP contribution is 2.25. The van der Waals surface area contributed by atoms with Gasteiger partial charge in [-0.25, -0.2) is 0 Å². The molecule has 0 atom stereocenters. The number of likely N-dealkylation sites (tertiary alicyclic amines) is 1. The number of nitrogens with one attached hydrogen (secondary N) is 1. The largest absolute Gasteiger partial charge is 0.342 e. The Balaban J connectivity index is 1.91. The molecule has 1 aliphatic heterocycles. The third kappa shape index (κ3) is 3.85. The summed E-state index contributed by atoms with van der Waals surface area (Å²) in [7, 11) is 0. The molecule has 1 aromatic rings. The number of halogens is 2. The molecule has 1 heterocycles. The summed E-state index contributed by atoms with van der Waals surface area (Å²) in [6.45, 7) is 1.49. The molecule has 0 radical (unpaired) electrons. The predicted molar refractivity (Wildman–Crippen MR) is 75.5 cm³/mol. The van der Waals surface area contributed by atoms with Crippen LogP contribution < -0.4 is 5.32 Å². The molecule has 1 N–H and O–H groups in total. The molecule has 1 fully saturated rings. The van der Waals surface area contributed by atoms with Crippen LogP contribution in [-0.2, 0) is 9.59 Å². The van der Waals surface area contributed by atoms with Gasteiger partial charge in [0.2, 0.25) is 11.8 Å². The molecule has 2 amide bonds. The van der Waals surface area contributed by atoms with Gasteiger partial charge in [-0.3, -0.25) is 9.59 Å². The fourth-order valence-electron chi connectivity index (χ4n) is 2.00. The van der Waals surface area contributed by atoms with E-state index in [1.165, 1.54) is 0 Å². The van der Waals surface area contributed by atoms with Crippen LogP contribution in [0, 0.1) is 0 Å². The van der Waals surface area contributed by atoms with Crippen LogP contribution >= 0.6 is 23.2 Å². The zero-order chi connectivity index (χ0) is 13.8. The first-order valence-corrected chi connectivity index (χ1v) is 6.84. The van der Waals surface area contributed by atoms with Crippen molar-refractivity contribution in [2.45, 2.75) is 19.3 Å². The Morgan fingerprint density at radius 1 is 1.21 bits per heavy atom. The smallest absolute Gasteiger partial charge is 0.233 e. The minimum Gasteiger partial charge on any atom is -0.342 e. The molecule has 0 bridgehead atoms. The molecule has 102 valence electrons. The van der Waals surface area contributed by atoms with E-state index in [1.54, 1.807) is 23.1 Å². The minimum absolute atomic E-state index is 0.139. The molecule has 0 saturated carbocycles. The molecule has 1 saturated heterocycles. The molecule has 1 aliphatic rings. The lowest BCUT2D eigenvalue weighted by Gasteiger charge is -2.15. The van der Waals surface area contributed by atoms with E-state index in [4.69, 9.17) is 23.2 Å². The number of anilines is 1. The normalized spacial score (nSPS) is 14.5. The van der Waals surface area contributed by atoms with Gasteiger partial charge in [0, 0.05) is 18.1 Å². The molecular weight excluding hydrogens is 287 g/mol. The van der Waals surface area contributed by atoms with Gasteiger partial charge in [-0.2, -0.15) is 0 Å². The topological polar surface area (TPSA) is 49.4 Å². The maximum Gasteiger partial charge on any atom is 0.233 e. The second-order valence-electron chi connectivity index (χ2n) is 4.44. The van der Waals surface area contributed by atoms with Crippen molar-refractivity contribution in [3.63, 3.8) is 0 Å².